The van der Waals surface area contributed by atoms with Crippen molar-refractivity contribution in [3.63, 3.8) is 0 Å². The molecule has 1 aliphatic heterocycles. The molecule has 0 saturated carbocycles. The van der Waals surface area contributed by atoms with Gasteiger partial charge in [-0.05, 0) is 41.5 Å². The number of halogens is 1. The number of Topliss-reactive ketones (excluding diaryl/α,β-unsaturated/α-hetero) is 1. The first kappa shape index (κ1) is 24.9. The van der Waals surface area contributed by atoms with Crippen molar-refractivity contribution in [3.05, 3.63) is 130 Å². The average Bonchev–Trinajstić information content (AvgIpc) is 3.50. The van der Waals surface area contributed by atoms with Crippen LogP contribution < -0.4 is 9.64 Å². The van der Waals surface area contributed by atoms with Gasteiger partial charge < -0.3 is 9.84 Å². The first-order valence-corrected chi connectivity index (χ1v) is 13.4. The van der Waals surface area contributed by atoms with Crippen LogP contribution in [0.3, 0.4) is 0 Å². The lowest BCUT2D eigenvalue weighted by atomic mass is 9.95. The van der Waals surface area contributed by atoms with E-state index < -0.39 is 17.7 Å². The summed E-state index contributed by atoms with van der Waals surface area (Å²) >= 11 is 7.43. The lowest BCUT2D eigenvalue weighted by Crippen LogP contribution is -2.29. The molecular weight excluding hydrogens is 532 g/mol. The van der Waals surface area contributed by atoms with E-state index in [4.69, 9.17) is 16.3 Å². The summed E-state index contributed by atoms with van der Waals surface area (Å²) in [5.41, 5.74) is 2.69. The number of nitrogens with zero attached hydrogens (tertiary/aromatic N) is 2. The lowest BCUT2D eigenvalue weighted by Gasteiger charge is -2.23. The Kier molecular flexibility index (Phi) is 6.60. The fourth-order valence-corrected chi connectivity index (χ4v) is 5.87. The van der Waals surface area contributed by atoms with Crippen LogP contribution in [0.5, 0.6) is 5.75 Å². The van der Waals surface area contributed by atoms with Crippen LogP contribution in [0.2, 0.25) is 5.02 Å². The van der Waals surface area contributed by atoms with E-state index in [1.807, 2.05) is 42.5 Å². The molecule has 192 valence electrons. The van der Waals surface area contributed by atoms with E-state index in [1.54, 1.807) is 60.7 Å². The maximum atomic E-state index is 13.5. The summed E-state index contributed by atoms with van der Waals surface area (Å²) in [6, 6.07) is 30.0. The van der Waals surface area contributed by atoms with Gasteiger partial charge in [0.25, 0.3) is 5.78 Å². The van der Waals surface area contributed by atoms with Crippen molar-refractivity contribution in [2.45, 2.75) is 12.6 Å². The van der Waals surface area contributed by atoms with Gasteiger partial charge in [-0.2, -0.15) is 0 Å². The summed E-state index contributed by atoms with van der Waals surface area (Å²) < 4.78 is 6.81. The van der Waals surface area contributed by atoms with Gasteiger partial charge in [0.05, 0.1) is 21.8 Å². The first-order chi connectivity index (χ1) is 19.0. The topological polar surface area (TPSA) is 79.7 Å². The highest BCUT2D eigenvalue weighted by Crippen LogP contribution is 2.45. The molecule has 1 fully saturated rings. The Labute approximate surface area is 233 Å². The minimum Gasteiger partial charge on any atom is -0.507 e. The van der Waals surface area contributed by atoms with Crippen LogP contribution in [-0.2, 0) is 16.2 Å². The molecule has 1 saturated heterocycles. The van der Waals surface area contributed by atoms with Crippen molar-refractivity contribution in [2.24, 2.45) is 0 Å². The normalized spacial score (nSPS) is 16.6. The molecule has 0 unspecified atom stereocenters. The van der Waals surface area contributed by atoms with Gasteiger partial charge in [-0.25, -0.2) is 4.98 Å². The van der Waals surface area contributed by atoms with E-state index in [0.29, 0.717) is 39.2 Å². The van der Waals surface area contributed by atoms with Crippen LogP contribution in [0, 0.1) is 0 Å². The summed E-state index contributed by atoms with van der Waals surface area (Å²) in [7, 11) is 0. The highest BCUT2D eigenvalue weighted by molar-refractivity contribution is 7.22. The Balaban J connectivity index is 1.47. The van der Waals surface area contributed by atoms with Gasteiger partial charge in [-0.15, -0.1) is 0 Å². The monoisotopic (exact) mass is 552 g/mol. The van der Waals surface area contributed by atoms with Crippen molar-refractivity contribution in [1.29, 1.82) is 0 Å². The largest absolute Gasteiger partial charge is 0.507 e. The molecule has 0 spiro atoms. The van der Waals surface area contributed by atoms with Crippen LogP contribution in [-0.4, -0.2) is 21.8 Å². The lowest BCUT2D eigenvalue weighted by molar-refractivity contribution is -0.132. The maximum absolute atomic E-state index is 13.5. The van der Waals surface area contributed by atoms with E-state index in [9.17, 15) is 14.7 Å². The number of carbonyl (C=O) groups is 2. The smallest absolute Gasteiger partial charge is 0.301 e. The Morgan fingerprint density at radius 3 is 2.44 bits per heavy atom. The molecule has 1 N–H and O–H groups in total. The number of aromatic nitrogens is 1. The number of amides is 1. The first-order valence-electron chi connectivity index (χ1n) is 12.2. The van der Waals surface area contributed by atoms with Crippen molar-refractivity contribution in [3.8, 4) is 5.75 Å². The fourth-order valence-electron chi connectivity index (χ4n) is 4.60. The fraction of sp³-hybridized carbons (Fsp3) is 0.0645. The molecule has 8 heteroatoms. The van der Waals surface area contributed by atoms with Gasteiger partial charge in [0.1, 0.15) is 18.1 Å². The second kappa shape index (κ2) is 10.4. The number of anilines is 1. The molecule has 0 aliphatic carbocycles. The van der Waals surface area contributed by atoms with E-state index in [2.05, 4.69) is 4.98 Å². The van der Waals surface area contributed by atoms with Gasteiger partial charge >= 0.3 is 5.91 Å². The number of hydrogen-bond donors (Lipinski definition) is 1. The third-order valence-corrected chi connectivity index (χ3v) is 7.71. The van der Waals surface area contributed by atoms with Gasteiger partial charge in [-0.1, -0.05) is 95.7 Å². The van der Waals surface area contributed by atoms with Gasteiger partial charge in [-0.3, -0.25) is 14.5 Å². The highest BCUT2D eigenvalue weighted by atomic mass is 35.5. The van der Waals surface area contributed by atoms with Crippen molar-refractivity contribution < 1.29 is 19.4 Å². The van der Waals surface area contributed by atoms with Crippen LogP contribution in [0.15, 0.2) is 109 Å². The average molecular weight is 553 g/mol. The second-order valence-corrected chi connectivity index (χ2v) is 10.4. The van der Waals surface area contributed by atoms with Gasteiger partial charge in [0.15, 0.2) is 5.13 Å². The van der Waals surface area contributed by atoms with Crippen LogP contribution in [0.25, 0.3) is 16.0 Å². The standard InChI is InChI=1S/C31H21ClN2O4S/c32-22-14-15-24-25(17-22)39-31(33-24)34-27(26(29(36)30(34)37)28(35)20-10-5-2-6-11-20)21-12-7-13-23(16-21)38-18-19-8-3-1-4-9-19/h1-17,27,35H,18H2/t27-/m1/s1. The molecule has 1 amide bonds. The molecule has 6 nitrogen and oxygen atoms in total. The number of benzene rings is 4. The molecule has 0 bridgehead atoms. The summed E-state index contributed by atoms with van der Waals surface area (Å²) in [6.07, 6.45) is 0. The number of ketones is 1. The van der Waals surface area contributed by atoms with Crippen molar-refractivity contribution in [2.75, 3.05) is 4.90 Å². The second-order valence-electron chi connectivity index (χ2n) is 8.99. The quantitative estimate of drug-likeness (QED) is 0.137. The number of hydrogen-bond acceptors (Lipinski definition) is 6. The van der Waals surface area contributed by atoms with Crippen molar-refractivity contribution >= 4 is 55.7 Å². The number of rotatable bonds is 6. The third kappa shape index (κ3) is 4.78. The number of fused-ring (bicyclic) bond motifs is 1. The van der Waals surface area contributed by atoms with Crippen LogP contribution >= 0.6 is 22.9 Å². The van der Waals surface area contributed by atoms with E-state index >= 15 is 0 Å². The molecule has 1 aromatic heterocycles. The zero-order valence-electron chi connectivity index (χ0n) is 20.5. The third-order valence-electron chi connectivity index (χ3n) is 6.46. The minimum absolute atomic E-state index is 0.0105. The maximum Gasteiger partial charge on any atom is 0.301 e. The minimum atomic E-state index is -0.915. The summed E-state index contributed by atoms with van der Waals surface area (Å²) in [5.74, 6) is -1.23. The SMILES string of the molecule is O=C1C(=O)N(c2nc3ccc(Cl)cc3s2)[C@H](c2cccc(OCc3ccccc3)c2)C1=C(O)c1ccccc1. The zero-order valence-corrected chi connectivity index (χ0v) is 22.0. The molecule has 1 atom stereocenters. The van der Waals surface area contributed by atoms with E-state index in [1.165, 1.54) is 16.2 Å². The Bertz CT molecular complexity index is 1730. The zero-order chi connectivity index (χ0) is 26.9. The number of thiazole rings is 1. The Morgan fingerprint density at radius 2 is 1.67 bits per heavy atom. The summed E-state index contributed by atoms with van der Waals surface area (Å²) in [5, 5.41) is 12.2. The Morgan fingerprint density at radius 1 is 0.923 bits per heavy atom. The molecule has 1 aliphatic rings. The Hall–Kier alpha value is -4.46. The molecular formula is C31H21ClN2O4S. The van der Waals surface area contributed by atoms with Crippen LogP contribution in [0.1, 0.15) is 22.7 Å². The van der Waals surface area contributed by atoms with Crippen LogP contribution in [0.4, 0.5) is 5.13 Å². The molecule has 4 aromatic carbocycles. The molecule has 0 radical (unpaired) electrons. The predicted molar refractivity (Wildman–Crippen MR) is 153 cm³/mol. The summed E-state index contributed by atoms with van der Waals surface area (Å²) in [6.45, 7) is 0.354. The number of carbonyl (C=O) groups excluding carboxylic acids is 2. The molecule has 39 heavy (non-hydrogen) atoms. The van der Waals surface area contributed by atoms with Gasteiger partial charge in [0.2, 0.25) is 0 Å². The summed E-state index contributed by atoms with van der Waals surface area (Å²) in [4.78, 5) is 33.0. The van der Waals surface area contributed by atoms with Gasteiger partial charge in [0, 0.05) is 10.6 Å². The predicted octanol–water partition coefficient (Wildman–Crippen LogP) is 7.16. The van der Waals surface area contributed by atoms with E-state index in [0.717, 1.165) is 10.3 Å². The molecule has 2 heterocycles. The molecule has 5 aromatic rings. The number of aliphatic hydroxyl groups is 1. The number of aliphatic hydroxyl groups excluding tert-OH is 1. The van der Waals surface area contributed by atoms with Crippen molar-refractivity contribution in [1.82, 2.24) is 4.98 Å². The number of ether oxygens (including phenoxy) is 1. The molecule has 6 rings (SSSR count). The van der Waals surface area contributed by atoms with E-state index in [-0.39, 0.29) is 11.3 Å². The highest BCUT2D eigenvalue weighted by Gasteiger charge is 2.48.